The van der Waals surface area contributed by atoms with Crippen molar-refractivity contribution < 1.29 is 4.39 Å². The SMILES string of the molecule is CCN(CCNC(=NC)NC(C)c1ccc(C)c(F)c1)C1CC1.I. The average molecular weight is 448 g/mol. The van der Waals surface area contributed by atoms with Crippen LogP contribution < -0.4 is 10.6 Å². The Bertz CT molecular complexity index is 546. The molecule has 0 spiro atoms. The Morgan fingerprint density at radius 1 is 1.42 bits per heavy atom. The van der Waals surface area contributed by atoms with Gasteiger partial charge >= 0.3 is 0 Å². The Hall–Kier alpha value is -0.890. The molecule has 1 fully saturated rings. The summed E-state index contributed by atoms with van der Waals surface area (Å²) >= 11 is 0. The van der Waals surface area contributed by atoms with Gasteiger partial charge in [-0.05, 0) is 50.4 Å². The first kappa shape index (κ1) is 21.2. The number of rotatable bonds is 7. The molecule has 0 amide bonds. The highest BCUT2D eigenvalue weighted by Gasteiger charge is 2.27. The van der Waals surface area contributed by atoms with E-state index in [4.69, 9.17) is 0 Å². The molecule has 1 aliphatic carbocycles. The minimum atomic E-state index is -0.165. The minimum absolute atomic E-state index is 0. The molecule has 1 atom stereocenters. The molecule has 0 saturated heterocycles. The second-order valence-corrected chi connectivity index (χ2v) is 6.23. The Labute approximate surface area is 162 Å². The zero-order valence-corrected chi connectivity index (χ0v) is 17.4. The molecule has 0 aromatic heterocycles. The zero-order valence-electron chi connectivity index (χ0n) is 15.1. The van der Waals surface area contributed by atoms with Crippen LogP contribution >= 0.6 is 24.0 Å². The van der Waals surface area contributed by atoms with Crippen LogP contribution in [-0.4, -0.2) is 43.6 Å². The van der Waals surface area contributed by atoms with E-state index in [-0.39, 0.29) is 35.8 Å². The summed E-state index contributed by atoms with van der Waals surface area (Å²) in [5.74, 6) is 0.590. The standard InChI is InChI=1S/C18H29FN4.HI/c1-5-23(16-8-9-16)11-10-21-18(20-4)22-14(3)15-7-6-13(2)17(19)12-15;/h6-7,12,14,16H,5,8-11H2,1-4H3,(H2,20,21,22);1H. The van der Waals surface area contributed by atoms with Gasteiger partial charge in [0.2, 0.25) is 0 Å². The van der Waals surface area contributed by atoms with Crippen LogP contribution in [0.2, 0.25) is 0 Å². The van der Waals surface area contributed by atoms with Gasteiger partial charge in [0.15, 0.2) is 5.96 Å². The lowest BCUT2D eigenvalue weighted by molar-refractivity contribution is 0.282. The number of aryl methyl sites for hydroxylation is 1. The highest BCUT2D eigenvalue weighted by Crippen LogP contribution is 2.25. The summed E-state index contributed by atoms with van der Waals surface area (Å²) in [7, 11) is 1.76. The summed E-state index contributed by atoms with van der Waals surface area (Å²) in [4.78, 5) is 6.76. The number of halogens is 2. The van der Waals surface area contributed by atoms with Gasteiger partial charge in [0.1, 0.15) is 5.82 Å². The van der Waals surface area contributed by atoms with Crippen molar-refractivity contribution in [2.45, 2.75) is 45.7 Å². The number of hydrogen-bond acceptors (Lipinski definition) is 2. The molecule has 1 aromatic carbocycles. The molecule has 0 heterocycles. The Morgan fingerprint density at radius 2 is 2.12 bits per heavy atom. The van der Waals surface area contributed by atoms with Crippen molar-refractivity contribution in [2.24, 2.45) is 4.99 Å². The van der Waals surface area contributed by atoms with Crippen molar-refractivity contribution >= 4 is 29.9 Å². The molecular weight excluding hydrogens is 418 g/mol. The number of likely N-dealkylation sites (N-methyl/N-ethyl adjacent to an activating group) is 1. The molecule has 0 bridgehead atoms. The van der Waals surface area contributed by atoms with E-state index >= 15 is 0 Å². The summed E-state index contributed by atoms with van der Waals surface area (Å²) in [6, 6.07) is 6.14. The first-order valence-corrected chi connectivity index (χ1v) is 8.52. The summed E-state index contributed by atoms with van der Waals surface area (Å²) in [5.41, 5.74) is 1.59. The van der Waals surface area contributed by atoms with Gasteiger partial charge in [0.25, 0.3) is 0 Å². The third kappa shape index (κ3) is 6.20. The number of guanidine groups is 1. The molecule has 136 valence electrons. The monoisotopic (exact) mass is 448 g/mol. The molecule has 1 aromatic rings. The maximum atomic E-state index is 13.7. The van der Waals surface area contributed by atoms with Crippen LogP contribution in [0.4, 0.5) is 4.39 Å². The van der Waals surface area contributed by atoms with E-state index in [0.29, 0.717) is 5.56 Å². The van der Waals surface area contributed by atoms with E-state index in [1.807, 2.05) is 19.1 Å². The van der Waals surface area contributed by atoms with Gasteiger partial charge in [-0.15, -0.1) is 24.0 Å². The first-order chi connectivity index (χ1) is 11.0. The van der Waals surface area contributed by atoms with Crippen molar-refractivity contribution in [2.75, 3.05) is 26.7 Å². The second-order valence-electron chi connectivity index (χ2n) is 6.23. The number of nitrogens with zero attached hydrogens (tertiary/aromatic N) is 2. The summed E-state index contributed by atoms with van der Waals surface area (Å²) in [6.45, 7) is 8.97. The van der Waals surface area contributed by atoms with Crippen LogP contribution in [-0.2, 0) is 0 Å². The van der Waals surface area contributed by atoms with Crippen molar-refractivity contribution in [1.29, 1.82) is 0 Å². The molecule has 2 N–H and O–H groups in total. The number of hydrogen-bond donors (Lipinski definition) is 2. The summed E-state index contributed by atoms with van der Waals surface area (Å²) < 4.78 is 13.7. The van der Waals surface area contributed by atoms with E-state index in [1.165, 1.54) is 12.8 Å². The molecular formula is C18H30FIN4. The molecule has 4 nitrogen and oxygen atoms in total. The molecule has 1 unspecified atom stereocenters. The van der Waals surface area contributed by atoms with Crippen molar-refractivity contribution in [3.8, 4) is 0 Å². The normalized spacial score (nSPS) is 15.8. The van der Waals surface area contributed by atoms with Crippen LogP contribution in [0.3, 0.4) is 0 Å². The second kappa shape index (κ2) is 10.2. The minimum Gasteiger partial charge on any atom is -0.355 e. The van der Waals surface area contributed by atoms with Crippen LogP contribution in [0.25, 0.3) is 0 Å². The van der Waals surface area contributed by atoms with Crippen molar-refractivity contribution in [3.05, 3.63) is 35.1 Å². The Morgan fingerprint density at radius 3 is 2.67 bits per heavy atom. The Kier molecular flexibility index (Phi) is 8.97. The lowest BCUT2D eigenvalue weighted by Crippen LogP contribution is -2.42. The van der Waals surface area contributed by atoms with E-state index in [0.717, 1.165) is 37.2 Å². The predicted octanol–water partition coefficient (Wildman–Crippen LogP) is 3.46. The molecule has 6 heteroatoms. The Balaban J connectivity index is 0.00000288. The fraction of sp³-hybridized carbons (Fsp3) is 0.611. The molecule has 2 rings (SSSR count). The van der Waals surface area contributed by atoms with Gasteiger partial charge in [0.05, 0.1) is 6.04 Å². The van der Waals surface area contributed by atoms with Gasteiger partial charge < -0.3 is 10.6 Å². The van der Waals surface area contributed by atoms with Gasteiger partial charge in [-0.25, -0.2) is 4.39 Å². The molecule has 1 aliphatic rings. The van der Waals surface area contributed by atoms with Crippen LogP contribution in [0.5, 0.6) is 0 Å². The highest BCUT2D eigenvalue weighted by molar-refractivity contribution is 14.0. The van der Waals surface area contributed by atoms with Crippen molar-refractivity contribution in [1.82, 2.24) is 15.5 Å². The third-order valence-corrected chi connectivity index (χ3v) is 4.43. The smallest absolute Gasteiger partial charge is 0.191 e. The number of benzene rings is 1. The van der Waals surface area contributed by atoms with Crippen LogP contribution in [0.1, 0.15) is 43.9 Å². The lowest BCUT2D eigenvalue weighted by atomic mass is 10.1. The summed E-state index contributed by atoms with van der Waals surface area (Å²) in [6.07, 6.45) is 2.66. The van der Waals surface area contributed by atoms with E-state index in [1.54, 1.807) is 20.0 Å². The summed E-state index contributed by atoms with van der Waals surface area (Å²) in [5, 5.41) is 6.67. The van der Waals surface area contributed by atoms with Gasteiger partial charge in [-0.2, -0.15) is 0 Å². The third-order valence-electron chi connectivity index (χ3n) is 4.43. The maximum absolute atomic E-state index is 13.7. The number of aliphatic imine (C=N–C) groups is 1. The topological polar surface area (TPSA) is 39.7 Å². The maximum Gasteiger partial charge on any atom is 0.191 e. The quantitative estimate of drug-likeness (QED) is 0.381. The van der Waals surface area contributed by atoms with Crippen LogP contribution in [0, 0.1) is 12.7 Å². The van der Waals surface area contributed by atoms with Gasteiger partial charge in [-0.3, -0.25) is 9.89 Å². The van der Waals surface area contributed by atoms with Crippen molar-refractivity contribution in [3.63, 3.8) is 0 Å². The number of nitrogens with one attached hydrogen (secondary N) is 2. The highest BCUT2D eigenvalue weighted by atomic mass is 127. The van der Waals surface area contributed by atoms with Gasteiger partial charge in [-0.1, -0.05) is 19.1 Å². The molecule has 1 saturated carbocycles. The molecule has 24 heavy (non-hydrogen) atoms. The predicted molar refractivity (Wildman–Crippen MR) is 110 cm³/mol. The molecule has 0 radical (unpaired) electrons. The lowest BCUT2D eigenvalue weighted by Gasteiger charge is -2.22. The first-order valence-electron chi connectivity index (χ1n) is 8.52. The largest absolute Gasteiger partial charge is 0.355 e. The fourth-order valence-corrected chi connectivity index (χ4v) is 2.72. The van der Waals surface area contributed by atoms with Crippen LogP contribution in [0.15, 0.2) is 23.2 Å². The fourth-order valence-electron chi connectivity index (χ4n) is 2.72. The zero-order chi connectivity index (χ0) is 16.8. The van der Waals surface area contributed by atoms with E-state index in [2.05, 4.69) is 27.4 Å². The van der Waals surface area contributed by atoms with Gasteiger partial charge in [0, 0.05) is 26.2 Å². The average Bonchev–Trinajstić information content (AvgIpc) is 3.37. The molecule has 0 aliphatic heterocycles. The van der Waals surface area contributed by atoms with E-state index in [9.17, 15) is 4.39 Å². The van der Waals surface area contributed by atoms with E-state index < -0.39 is 0 Å².